The molecule has 4 nitrogen and oxygen atoms in total. The van der Waals surface area contributed by atoms with Crippen molar-refractivity contribution in [1.29, 1.82) is 0 Å². The summed E-state index contributed by atoms with van der Waals surface area (Å²) in [6.45, 7) is 2.63. The Morgan fingerprint density at radius 3 is 3.15 bits per heavy atom. The topological polar surface area (TPSA) is 51.0 Å². The Hall–Kier alpha value is -1.36. The molecule has 2 rings (SSSR count). The number of rotatable bonds is 3. The second kappa shape index (κ2) is 3.57. The first-order chi connectivity index (χ1) is 6.34. The summed E-state index contributed by atoms with van der Waals surface area (Å²) in [5.74, 6) is 0. The fourth-order valence-corrected chi connectivity index (χ4v) is 1.61. The van der Waals surface area contributed by atoms with Crippen LogP contribution in [-0.4, -0.2) is 9.97 Å². The Balaban J connectivity index is 1.93. The molecule has 0 saturated carbocycles. The van der Waals surface area contributed by atoms with Crippen molar-refractivity contribution in [1.82, 2.24) is 9.97 Å². The minimum atomic E-state index is 0.656. The zero-order valence-corrected chi connectivity index (χ0v) is 7.97. The lowest BCUT2D eigenvalue weighted by atomic mass is 10.5. The second-order valence-electron chi connectivity index (χ2n) is 2.63. The molecule has 0 amide bonds. The Kier molecular flexibility index (Phi) is 2.27. The molecule has 0 bridgehead atoms. The van der Waals surface area contributed by atoms with Crippen LogP contribution in [0.15, 0.2) is 22.5 Å². The second-order valence-corrected chi connectivity index (χ2v) is 3.49. The van der Waals surface area contributed by atoms with E-state index in [1.807, 2.05) is 12.3 Å². The highest BCUT2D eigenvalue weighted by molar-refractivity contribution is 7.13. The van der Waals surface area contributed by atoms with E-state index in [9.17, 15) is 0 Å². The first kappa shape index (κ1) is 8.25. The Labute approximate surface area is 79.6 Å². The molecule has 68 valence electrons. The summed E-state index contributed by atoms with van der Waals surface area (Å²) in [5, 5.41) is 6.07. The molecule has 0 aliphatic carbocycles. The van der Waals surface area contributed by atoms with Crippen molar-refractivity contribution in [2.24, 2.45) is 0 Å². The van der Waals surface area contributed by atoms with Gasteiger partial charge in [0, 0.05) is 5.38 Å². The molecule has 0 saturated heterocycles. The molecule has 1 N–H and O–H groups in total. The van der Waals surface area contributed by atoms with E-state index >= 15 is 0 Å². The number of nitrogens with one attached hydrogen (secondary N) is 1. The third-order valence-corrected chi connectivity index (χ3v) is 2.44. The molecular formula is C8H9N3OS. The molecule has 13 heavy (non-hydrogen) atoms. The highest BCUT2D eigenvalue weighted by Gasteiger charge is 1.99. The largest absolute Gasteiger partial charge is 0.451 e. The third-order valence-electron chi connectivity index (χ3n) is 1.52. The van der Waals surface area contributed by atoms with Crippen LogP contribution in [0.5, 0.6) is 0 Å². The predicted molar refractivity (Wildman–Crippen MR) is 50.7 cm³/mol. The van der Waals surface area contributed by atoms with Gasteiger partial charge in [0.05, 0.1) is 17.9 Å². The van der Waals surface area contributed by atoms with Crippen LogP contribution in [0.3, 0.4) is 0 Å². The van der Waals surface area contributed by atoms with Crippen LogP contribution in [-0.2, 0) is 6.54 Å². The van der Waals surface area contributed by atoms with Gasteiger partial charge in [0.15, 0.2) is 11.5 Å². The number of oxazole rings is 1. The van der Waals surface area contributed by atoms with Gasteiger partial charge in [-0.1, -0.05) is 0 Å². The number of nitrogens with zero attached hydrogens (tertiary/aromatic N) is 2. The van der Waals surface area contributed by atoms with Crippen molar-refractivity contribution in [2.45, 2.75) is 13.5 Å². The molecule has 2 aromatic rings. The maximum atomic E-state index is 4.84. The lowest BCUT2D eigenvalue weighted by Crippen LogP contribution is -1.98. The average molecular weight is 195 g/mol. The summed E-state index contributed by atoms with van der Waals surface area (Å²) in [4.78, 5) is 8.24. The standard InChI is InChI=1S/C8H9N3OS/c1-6-4-13-8(11-6)9-2-7-3-12-5-10-7/h3-5H,2H2,1H3,(H,9,11). The summed E-state index contributed by atoms with van der Waals surface area (Å²) in [7, 11) is 0. The van der Waals surface area contributed by atoms with Crippen LogP contribution >= 0.6 is 11.3 Å². The first-order valence-electron chi connectivity index (χ1n) is 3.87. The lowest BCUT2D eigenvalue weighted by Gasteiger charge is -1.96. The van der Waals surface area contributed by atoms with Crippen LogP contribution in [0, 0.1) is 6.92 Å². The summed E-state index contributed by atoms with van der Waals surface area (Å²) >= 11 is 1.59. The van der Waals surface area contributed by atoms with E-state index in [2.05, 4.69) is 15.3 Å². The number of aryl methyl sites for hydroxylation is 1. The van der Waals surface area contributed by atoms with E-state index in [4.69, 9.17) is 4.42 Å². The molecule has 0 aromatic carbocycles. The van der Waals surface area contributed by atoms with Gasteiger partial charge >= 0.3 is 0 Å². The fraction of sp³-hybridized carbons (Fsp3) is 0.250. The molecule has 0 atom stereocenters. The van der Waals surface area contributed by atoms with Crippen molar-refractivity contribution in [3.8, 4) is 0 Å². The highest BCUT2D eigenvalue weighted by Crippen LogP contribution is 2.14. The van der Waals surface area contributed by atoms with Gasteiger partial charge in [-0.2, -0.15) is 0 Å². The molecule has 2 heterocycles. The molecule has 2 aromatic heterocycles. The van der Waals surface area contributed by atoms with Crippen molar-refractivity contribution in [3.63, 3.8) is 0 Å². The number of thiazole rings is 1. The van der Waals surface area contributed by atoms with Crippen LogP contribution in [0.25, 0.3) is 0 Å². The van der Waals surface area contributed by atoms with Crippen LogP contribution < -0.4 is 5.32 Å². The van der Waals surface area contributed by atoms with Crippen LogP contribution in [0.2, 0.25) is 0 Å². The summed E-state index contributed by atoms with van der Waals surface area (Å²) in [6.07, 6.45) is 3.04. The summed E-state index contributed by atoms with van der Waals surface area (Å²) in [6, 6.07) is 0. The van der Waals surface area contributed by atoms with Gasteiger partial charge in [-0.25, -0.2) is 9.97 Å². The molecule has 0 unspecified atom stereocenters. The number of aromatic nitrogens is 2. The minimum absolute atomic E-state index is 0.656. The summed E-state index contributed by atoms with van der Waals surface area (Å²) < 4.78 is 4.84. The van der Waals surface area contributed by atoms with E-state index in [1.165, 1.54) is 6.39 Å². The SMILES string of the molecule is Cc1csc(NCc2cocn2)n1. The van der Waals surface area contributed by atoms with Crippen LogP contribution in [0.1, 0.15) is 11.4 Å². The van der Waals surface area contributed by atoms with E-state index in [0.29, 0.717) is 6.54 Å². The van der Waals surface area contributed by atoms with E-state index in [-0.39, 0.29) is 0 Å². The Morgan fingerprint density at radius 1 is 1.62 bits per heavy atom. The molecule has 0 aliphatic rings. The Morgan fingerprint density at radius 2 is 2.54 bits per heavy atom. The zero-order chi connectivity index (χ0) is 9.10. The van der Waals surface area contributed by atoms with Gasteiger partial charge in [0.25, 0.3) is 0 Å². The number of hydrogen-bond acceptors (Lipinski definition) is 5. The Bertz CT molecular complexity index is 368. The van der Waals surface area contributed by atoms with Gasteiger partial charge < -0.3 is 9.73 Å². The molecule has 0 spiro atoms. The maximum absolute atomic E-state index is 4.84. The fourth-order valence-electron chi connectivity index (χ4n) is 0.926. The smallest absolute Gasteiger partial charge is 0.183 e. The van der Waals surface area contributed by atoms with Gasteiger partial charge in [-0.05, 0) is 6.92 Å². The minimum Gasteiger partial charge on any atom is -0.451 e. The van der Waals surface area contributed by atoms with Crippen molar-refractivity contribution >= 4 is 16.5 Å². The number of hydrogen-bond donors (Lipinski definition) is 1. The zero-order valence-electron chi connectivity index (χ0n) is 7.15. The molecule has 5 heteroatoms. The van der Waals surface area contributed by atoms with Gasteiger partial charge in [0.2, 0.25) is 0 Å². The highest BCUT2D eigenvalue weighted by atomic mass is 32.1. The molecule has 0 aliphatic heterocycles. The molecule has 0 fully saturated rings. The monoisotopic (exact) mass is 195 g/mol. The van der Waals surface area contributed by atoms with E-state index in [1.54, 1.807) is 17.6 Å². The predicted octanol–water partition coefficient (Wildman–Crippen LogP) is 2.05. The molecule has 0 radical (unpaired) electrons. The average Bonchev–Trinajstić information content (AvgIpc) is 2.71. The van der Waals surface area contributed by atoms with E-state index in [0.717, 1.165) is 16.5 Å². The maximum Gasteiger partial charge on any atom is 0.183 e. The van der Waals surface area contributed by atoms with Gasteiger partial charge in [-0.3, -0.25) is 0 Å². The quantitative estimate of drug-likeness (QED) is 0.814. The third kappa shape index (κ3) is 2.06. The van der Waals surface area contributed by atoms with Gasteiger partial charge in [0.1, 0.15) is 6.26 Å². The number of anilines is 1. The molecular weight excluding hydrogens is 186 g/mol. The van der Waals surface area contributed by atoms with Gasteiger partial charge in [-0.15, -0.1) is 11.3 Å². The first-order valence-corrected chi connectivity index (χ1v) is 4.75. The lowest BCUT2D eigenvalue weighted by molar-refractivity contribution is 0.556. The summed E-state index contributed by atoms with van der Waals surface area (Å²) in [5.41, 5.74) is 1.92. The van der Waals surface area contributed by atoms with Crippen LogP contribution in [0.4, 0.5) is 5.13 Å². The van der Waals surface area contributed by atoms with Crippen molar-refractivity contribution < 1.29 is 4.42 Å². The normalized spacial score (nSPS) is 10.2. The van der Waals surface area contributed by atoms with Crippen molar-refractivity contribution in [2.75, 3.05) is 5.32 Å². The van der Waals surface area contributed by atoms with Crippen molar-refractivity contribution in [3.05, 3.63) is 29.4 Å². The van der Waals surface area contributed by atoms with E-state index < -0.39 is 0 Å².